The van der Waals surface area contributed by atoms with Crippen LogP contribution in [0.2, 0.25) is 5.02 Å². The number of anilines is 1. The lowest BCUT2D eigenvalue weighted by Crippen LogP contribution is -2.41. The highest BCUT2D eigenvalue weighted by Crippen LogP contribution is 2.26. The number of methoxy groups -OCH3 is 1. The lowest BCUT2D eigenvalue weighted by Gasteiger charge is -2.32. The molecule has 184 valence electrons. The van der Waals surface area contributed by atoms with E-state index in [0.717, 1.165) is 0 Å². The molecule has 0 atom stereocenters. The van der Waals surface area contributed by atoms with Gasteiger partial charge in [0.15, 0.2) is 0 Å². The maximum absolute atomic E-state index is 13.8. The van der Waals surface area contributed by atoms with E-state index in [-0.39, 0.29) is 29.3 Å². The third-order valence-corrected chi connectivity index (χ3v) is 5.90. The maximum Gasteiger partial charge on any atom is 0.255 e. The number of ether oxygens (including phenoxy) is 1. The molecular weight excluding hydrogens is 469 g/mol. The molecular formula is C27H29ClFN3O3. The zero-order valence-electron chi connectivity index (χ0n) is 20.0. The van der Waals surface area contributed by atoms with Gasteiger partial charge in [0.2, 0.25) is 0 Å². The van der Waals surface area contributed by atoms with Crippen molar-refractivity contribution in [2.75, 3.05) is 25.5 Å². The monoisotopic (exact) mass is 497 g/mol. The van der Waals surface area contributed by atoms with Gasteiger partial charge in [0.1, 0.15) is 11.6 Å². The van der Waals surface area contributed by atoms with Gasteiger partial charge in [-0.1, -0.05) is 37.6 Å². The Morgan fingerprint density at radius 1 is 1.06 bits per heavy atom. The Bertz CT molecular complexity index is 1220. The van der Waals surface area contributed by atoms with Gasteiger partial charge in [0.25, 0.3) is 11.8 Å². The van der Waals surface area contributed by atoms with Gasteiger partial charge >= 0.3 is 0 Å². The molecule has 0 unspecified atom stereocenters. The van der Waals surface area contributed by atoms with Crippen molar-refractivity contribution >= 4 is 29.1 Å². The lowest BCUT2D eigenvalue weighted by molar-refractivity contribution is 0.0672. The maximum atomic E-state index is 13.8. The predicted octanol–water partition coefficient (Wildman–Crippen LogP) is 5.37. The first-order valence-electron chi connectivity index (χ1n) is 11.1. The molecule has 6 nitrogen and oxygen atoms in total. The van der Waals surface area contributed by atoms with Crippen LogP contribution in [0.4, 0.5) is 10.1 Å². The van der Waals surface area contributed by atoms with Crippen LogP contribution in [0.3, 0.4) is 0 Å². The van der Waals surface area contributed by atoms with Crippen molar-refractivity contribution in [1.82, 2.24) is 4.90 Å². The summed E-state index contributed by atoms with van der Waals surface area (Å²) in [5.74, 6) is -0.570. The summed E-state index contributed by atoms with van der Waals surface area (Å²) >= 11 is 6.46. The van der Waals surface area contributed by atoms with Crippen molar-refractivity contribution in [1.29, 1.82) is 0 Å². The summed E-state index contributed by atoms with van der Waals surface area (Å²) in [6.07, 6.45) is 0. The molecule has 0 bridgehead atoms. The van der Waals surface area contributed by atoms with Gasteiger partial charge in [-0.3, -0.25) is 9.59 Å². The minimum Gasteiger partial charge on any atom is -0.497 e. The number of carbonyl (C=O) groups is 2. The Labute approximate surface area is 209 Å². The number of rotatable bonds is 9. The summed E-state index contributed by atoms with van der Waals surface area (Å²) in [6, 6.07) is 17.4. The summed E-state index contributed by atoms with van der Waals surface area (Å²) in [5, 5.41) is 3.29. The van der Waals surface area contributed by atoms with E-state index in [1.54, 1.807) is 53.4 Å². The predicted molar refractivity (Wildman–Crippen MR) is 136 cm³/mol. The molecule has 0 saturated heterocycles. The number of nitrogens with zero attached hydrogens (tertiary/aromatic N) is 1. The Hall–Kier alpha value is -3.42. The van der Waals surface area contributed by atoms with Crippen molar-refractivity contribution in [3.63, 3.8) is 0 Å². The first kappa shape index (κ1) is 26.2. The zero-order valence-corrected chi connectivity index (χ0v) is 20.7. The highest BCUT2D eigenvalue weighted by atomic mass is 35.5. The van der Waals surface area contributed by atoms with Crippen LogP contribution in [0.1, 0.15) is 40.1 Å². The number of hydrogen-bond donors (Lipinski definition) is 2. The number of amides is 2. The van der Waals surface area contributed by atoms with Gasteiger partial charge in [-0.2, -0.15) is 0 Å². The summed E-state index contributed by atoms with van der Waals surface area (Å²) in [7, 11) is 1.53. The van der Waals surface area contributed by atoms with Crippen molar-refractivity contribution in [2.45, 2.75) is 20.4 Å². The first-order valence-corrected chi connectivity index (χ1v) is 11.5. The first-order chi connectivity index (χ1) is 16.6. The summed E-state index contributed by atoms with van der Waals surface area (Å²) < 4.78 is 19.0. The molecule has 0 saturated carbocycles. The molecule has 3 rings (SSSR count). The van der Waals surface area contributed by atoms with E-state index in [9.17, 15) is 14.0 Å². The normalized spacial score (nSPS) is 11.1. The largest absolute Gasteiger partial charge is 0.497 e. The van der Waals surface area contributed by atoms with E-state index >= 15 is 0 Å². The van der Waals surface area contributed by atoms with Crippen LogP contribution in [0.15, 0.2) is 66.7 Å². The minimum absolute atomic E-state index is 0.153. The van der Waals surface area contributed by atoms with Gasteiger partial charge in [-0.15, -0.1) is 0 Å². The van der Waals surface area contributed by atoms with Crippen LogP contribution in [-0.2, 0) is 6.54 Å². The SMILES string of the molecule is COc1cccc(C(=O)Nc2ccc(Cl)c(CN(CC(C)(C)CN)C(=O)c3cccc(F)c3)c2)c1. The number of benzene rings is 3. The van der Waals surface area contributed by atoms with E-state index < -0.39 is 5.82 Å². The molecule has 0 radical (unpaired) electrons. The van der Waals surface area contributed by atoms with Crippen LogP contribution in [0, 0.1) is 11.2 Å². The molecule has 35 heavy (non-hydrogen) atoms. The van der Waals surface area contributed by atoms with Crippen LogP contribution in [-0.4, -0.2) is 36.9 Å². The fourth-order valence-corrected chi connectivity index (χ4v) is 3.71. The number of hydrogen-bond acceptors (Lipinski definition) is 4. The standard InChI is InChI=1S/C27H29ClFN3O3/c1-27(2,16-30)17-32(26(34)19-7-4-8-21(29)12-19)15-20-13-22(10-11-24(20)28)31-25(33)18-6-5-9-23(14-18)35-3/h4-14H,15-17,30H2,1-3H3,(H,31,33). The Morgan fingerprint density at radius 2 is 1.77 bits per heavy atom. The Balaban J connectivity index is 1.87. The van der Waals surface area contributed by atoms with Crippen molar-refractivity contribution in [2.24, 2.45) is 11.1 Å². The molecule has 3 aromatic rings. The molecule has 2 amide bonds. The number of halogens is 2. The number of carbonyl (C=O) groups excluding carboxylic acids is 2. The molecule has 3 N–H and O–H groups in total. The van der Waals surface area contributed by atoms with Crippen LogP contribution in [0.5, 0.6) is 5.75 Å². The molecule has 0 heterocycles. The number of nitrogens with one attached hydrogen (secondary N) is 1. The van der Waals surface area contributed by atoms with Crippen LogP contribution < -0.4 is 15.8 Å². The molecule has 8 heteroatoms. The van der Waals surface area contributed by atoms with Crippen molar-refractivity contribution in [3.8, 4) is 5.75 Å². The topological polar surface area (TPSA) is 84.7 Å². The molecule has 0 aliphatic carbocycles. The zero-order chi connectivity index (χ0) is 25.6. The summed E-state index contributed by atoms with van der Waals surface area (Å²) in [6.45, 7) is 4.73. The quantitative estimate of drug-likeness (QED) is 0.416. The van der Waals surface area contributed by atoms with E-state index in [4.69, 9.17) is 22.1 Å². The lowest BCUT2D eigenvalue weighted by atomic mass is 9.92. The highest BCUT2D eigenvalue weighted by molar-refractivity contribution is 6.31. The second-order valence-corrected chi connectivity index (χ2v) is 9.44. The van der Waals surface area contributed by atoms with Gasteiger partial charge < -0.3 is 20.7 Å². The highest BCUT2D eigenvalue weighted by Gasteiger charge is 2.26. The van der Waals surface area contributed by atoms with E-state index in [1.807, 2.05) is 13.8 Å². The minimum atomic E-state index is -0.492. The van der Waals surface area contributed by atoms with Crippen molar-refractivity contribution in [3.05, 3.63) is 94.3 Å². The third kappa shape index (κ3) is 7.04. The van der Waals surface area contributed by atoms with Gasteiger partial charge in [0.05, 0.1) is 7.11 Å². The van der Waals surface area contributed by atoms with Gasteiger partial charge in [0, 0.05) is 34.9 Å². The fourth-order valence-electron chi connectivity index (χ4n) is 3.53. The molecule has 0 spiro atoms. The smallest absolute Gasteiger partial charge is 0.255 e. The van der Waals surface area contributed by atoms with Crippen molar-refractivity contribution < 1.29 is 18.7 Å². The molecule has 3 aromatic carbocycles. The average molecular weight is 498 g/mol. The molecule has 0 aliphatic rings. The van der Waals surface area contributed by atoms with Gasteiger partial charge in [-0.05, 0) is 72.1 Å². The summed E-state index contributed by atoms with van der Waals surface area (Å²) in [5.41, 5.74) is 7.36. The van der Waals surface area contributed by atoms with Gasteiger partial charge in [-0.25, -0.2) is 4.39 Å². The van der Waals surface area contributed by atoms with Crippen LogP contribution in [0.25, 0.3) is 0 Å². The molecule has 0 aliphatic heterocycles. The number of nitrogens with two attached hydrogens (primary N) is 1. The van der Waals surface area contributed by atoms with E-state index in [0.29, 0.717) is 40.7 Å². The second kappa shape index (κ2) is 11.3. The van der Waals surface area contributed by atoms with E-state index in [2.05, 4.69) is 5.32 Å². The average Bonchev–Trinajstić information content (AvgIpc) is 2.85. The fraction of sp³-hybridized carbons (Fsp3) is 0.259. The summed E-state index contributed by atoms with van der Waals surface area (Å²) in [4.78, 5) is 27.6. The molecule has 0 aromatic heterocycles. The second-order valence-electron chi connectivity index (χ2n) is 9.03. The Morgan fingerprint density at radius 3 is 2.46 bits per heavy atom. The Kier molecular flexibility index (Phi) is 8.48. The van der Waals surface area contributed by atoms with Crippen LogP contribution >= 0.6 is 11.6 Å². The molecule has 0 fully saturated rings. The van der Waals surface area contributed by atoms with E-state index in [1.165, 1.54) is 25.3 Å². The third-order valence-electron chi connectivity index (χ3n) is 5.53.